The molecule has 1 heterocycles. The third-order valence-corrected chi connectivity index (χ3v) is 5.76. The molecule has 1 aromatic heterocycles. The third-order valence-electron chi connectivity index (χ3n) is 4.81. The first-order valence-corrected chi connectivity index (χ1v) is 10.6. The van der Waals surface area contributed by atoms with Crippen LogP contribution in [0.3, 0.4) is 0 Å². The lowest BCUT2D eigenvalue weighted by Gasteiger charge is -2.18. The fourth-order valence-electron chi connectivity index (χ4n) is 2.97. The molecule has 6 nitrogen and oxygen atoms in total. The molecule has 0 fully saturated rings. The number of rotatable bonds is 7. The number of anilines is 2. The second kappa shape index (κ2) is 9.13. The molecule has 29 heavy (non-hydrogen) atoms. The Morgan fingerprint density at radius 3 is 2.52 bits per heavy atom. The quantitative estimate of drug-likeness (QED) is 0.468. The number of hydrogen-bond donors (Lipinski definition) is 1. The Kier molecular flexibility index (Phi) is 6.59. The minimum absolute atomic E-state index is 0.00347. The van der Waals surface area contributed by atoms with E-state index in [2.05, 4.69) is 10.3 Å². The van der Waals surface area contributed by atoms with E-state index in [1.54, 1.807) is 10.6 Å². The maximum absolute atomic E-state index is 13.0. The topological polar surface area (TPSA) is 67.2 Å². The highest BCUT2D eigenvalue weighted by atomic mass is 32.2. The fourth-order valence-corrected chi connectivity index (χ4v) is 3.87. The first-order chi connectivity index (χ1) is 13.9. The monoisotopic (exact) mass is 410 g/mol. The molecule has 0 saturated heterocycles. The Bertz CT molecular complexity index is 1060. The zero-order valence-electron chi connectivity index (χ0n) is 17.2. The number of para-hydroxylation sites is 1. The maximum atomic E-state index is 13.0. The smallest absolute Gasteiger partial charge is 0.262 e. The van der Waals surface area contributed by atoms with Gasteiger partial charge in [-0.25, -0.2) is 4.98 Å². The first-order valence-electron chi connectivity index (χ1n) is 9.62. The van der Waals surface area contributed by atoms with Crippen LogP contribution in [0.2, 0.25) is 0 Å². The molecular weight excluding hydrogens is 384 g/mol. The van der Waals surface area contributed by atoms with E-state index in [1.807, 2.05) is 75.3 Å². The van der Waals surface area contributed by atoms with Gasteiger partial charge in [0.15, 0.2) is 5.16 Å². The number of carbonyl (C=O) groups excluding carboxylic acids is 1. The van der Waals surface area contributed by atoms with Crippen LogP contribution in [0.1, 0.15) is 26.3 Å². The van der Waals surface area contributed by atoms with E-state index >= 15 is 0 Å². The molecule has 3 rings (SSSR count). The number of amides is 1. The number of fused-ring (bicyclic) bond motifs is 1. The Morgan fingerprint density at radius 1 is 1.17 bits per heavy atom. The van der Waals surface area contributed by atoms with Crippen molar-refractivity contribution in [3.63, 3.8) is 0 Å². The molecule has 3 aromatic rings. The summed E-state index contributed by atoms with van der Waals surface area (Å²) in [6.07, 6.45) is 0.803. The van der Waals surface area contributed by atoms with Crippen molar-refractivity contribution in [1.82, 2.24) is 9.55 Å². The van der Waals surface area contributed by atoms with Gasteiger partial charge in [-0.1, -0.05) is 30.8 Å². The molecule has 1 amide bonds. The number of aromatic nitrogens is 2. The predicted molar refractivity (Wildman–Crippen MR) is 121 cm³/mol. The van der Waals surface area contributed by atoms with Gasteiger partial charge in [-0.2, -0.15) is 0 Å². The zero-order chi connectivity index (χ0) is 21.0. The van der Waals surface area contributed by atoms with Crippen LogP contribution in [0.4, 0.5) is 11.4 Å². The molecule has 0 saturated carbocycles. The average molecular weight is 411 g/mol. The molecule has 0 spiro atoms. The highest BCUT2D eigenvalue weighted by molar-refractivity contribution is 7.99. The van der Waals surface area contributed by atoms with Gasteiger partial charge in [-0.15, -0.1) is 0 Å². The summed E-state index contributed by atoms with van der Waals surface area (Å²) >= 11 is 1.29. The van der Waals surface area contributed by atoms with Crippen molar-refractivity contribution < 1.29 is 4.79 Å². The van der Waals surface area contributed by atoms with Crippen molar-refractivity contribution in [2.75, 3.05) is 30.1 Å². The molecule has 0 aliphatic carbocycles. The van der Waals surface area contributed by atoms with Gasteiger partial charge in [0.05, 0.1) is 16.7 Å². The van der Waals surface area contributed by atoms with Gasteiger partial charge < -0.3 is 10.2 Å². The van der Waals surface area contributed by atoms with Crippen molar-refractivity contribution in [3.8, 4) is 0 Å². The van der Waals surface area contributed by atoms with Crippen LogP contribution < -0.4 is 15.8 Å². The SMILES string of the molecule is CC[C@H](C)n1c(SCC(=O)Nc2ccc(N(C)C)cc2)nc2ccccc2c1=O. The molecule has 0 radical (unpaired) electrons. The molecule has 0 aliphatic heterocycles. The lowest BCUT2D eigenvalue weighted by Crippen LogP contribution is -2.26. The van der Waals surface area contributed by atoms with Crippen molar-refractivity contribution in [3.05, 3.63) is 58.9 Å². The van der Waals surface area contributed by atoms with Crippen molar-refractivity contribution in [1.29, 1.82) is 0 Å². The molecule has 1 N–H and O–H groups in total. The Labute approximate surface area is 174 Å². The molecule has 0 aliphatic rings. The van der Waals surface area contributed by atoms with E-state index in [-0.39, 0.29) is 23.3 Å². The van der Waals surface area contributed by atoms with Gasteiger partial charge in [0.1, 0.15) is 0 Å². The van der Waals surface area contributed by atoms with Gasteiger partial charge >= 0.3 is 0 Å². The third kappa shape index (κ3) is 4.79. The standard InChI is InChI=1S/C22H26N4O2S/c1-5-15(2)26-21(28)18-8-6-7-9-19(18)24-22(26)29-14-20(27)23-16-10-12-17(13-11-16)25(3)4/h6-13,15H,5,14H2,1-4H3,(H,23,27)/t15-/m0/s1. The van der Waals surface area contributed by atoms with Crippen LogP contribution in [0.15, 0.2) is 58.5 Å². The van der Waals surface area contributed by atoms with Crippen molar-refractivity contribution >= 4 is 39.9 Å². The number of hydrogen-bond acceptors (Lipinski definition) is 5. The summed E-state index contributed by atoms with van der Waals surface area (Å²) in [6, 6.07) is 15.0. The average Bonchev–Trinajstić information content (AvgIpc) is 2.72. The summed E-state index contributed by atoms with van der Waals surface area (Å²) in [5.74, 6) is 0.0436. The minimum Gasteiger partial charge on any atom is -0.378 e. The fraction of sp³-hybridized carbons (Fsp3) is 0.318. The van der Waals surface area contributed by atoms with E-state index in [0.29, 0.717) is 16.1 Å². The molecule has 7 heteroatoms. The summed E-state index contributed by atoms with van der Waals surface area (Å²) in [7, 11) is 3.94. The largest absolute Gasteiger partial charge is 0.378 e. The normalized spacial score (nSPS) is 12.0. The summed E-state index contributed by atoms with van der Waals surface area (Å²) in [6.45, 7) is 4.03. The number of thioether (sulfide) groups is 1. The van der Waals surface area contributed by atoms with Crippen LogP contribution >= 0.6 is 11.8 Å². The van der Waals surface area contributed by atoms with Gasteiger partial charge in [0, 0.05) is 31.5 Å². The van der Waals surface area contributed by atoms with E-state index in [4.69, 9.17) is 0 Å². The van der Waals surface area contributed by atoms with E-state index in [1.165, 1.54) is 11.8 Å². The molecule has 152 valence electrons. The van der Waals surface area contributed by atoms with Gasteiger partial charge in [-0.05, 0) is 49.7 Å². The molecule has 1 atom stereocenters. The van der Waals surface area contributed by atoms with E-state index in [0.717, 1.165) is 17.8 Å². The van der Waals surface area contributed by atoms with E-state index in [9.17, 15) is 9.59 Å². The minimum atomic E-state index is -0.134. The van der Waals surface area contributed by atoms with Crippen LogP contribution in [0.5, 0.6) is 0 Å². The Balaban J connectivity index is 1.78. The number of benzene rings is 2. The van der Waals surface area contributed by atoms with Gasteiger partial charge in [0.25, 0.3) is 5.56 Å². The van der Waals surface area contributed by atoms with Crippen LogP contribution in [-0.2, 0) is 4.79 Å². The lowest BCUT2D eigenvalue weighted by molar-refractivity contribution is -0.113. The summed E-state index contributed by atoms with van der Waals surface area (Å²) in [4.78, 5) is 32.1. The van der Waals surface area contributed by atoms with Crippen molar-refractivity contribution in [2.24, 2.45) is 0 Å². The zero-order valence-corrected chi connectivity index (χ0v) is 18.0. The maximum Gasteiger partial charge on any atom is 0.262 e. The Morgan fingerprint density at radius 2 is 1.86 bits per heavy atom. The summed E-state index contributed by atoms with van der Waals surface area (Å²) < 4.78 is 1.70. The number of nitrogens with one attached hydrogen (secondary N) is 1. The predicted octanol–water partition coefficient (Wildman–Crippen LogP) is 4.16. The second-order valence-electron chi connectivity index (χ2n) is 7.12. The highest BCUT2D eigenvalue weighted by Crippen LogP contribution is 2.23. The Hall–Kier alpha value is -2.80. The van der Waals surface area contributed by atoms with Crippen molar-refractivity contribution in [2.45, 2.75) is 31.5 Å². The van der Waals surface area contributed by atoms with Gasteiger partial charge in [0.2, 0.25) is 5.91 Å². The number of nitrogens with zero attached hydrogens (tertiary/aromatic N) is 3. The van der Waals surface area contributed by atoms with Gasteiger partial charge in [-0.3, -0.25) is 14.2 Å². The van der Waals surface area contributed by atoms with Crippen LogP contribution in [0, 0.1) is 0 Å². The molecular formula is C22H26N4O2S. The molecule has 0 unspecified atom stereocenters. The molecule has 0 bridgehead atoms. The number of carbonyl (C=O) groups is 1. The highest BCUT2D eigenvalue weighted by Gasteiger charge is 2.16. The van der Waals surface area contributed by atoms with Crippen LogP contribution in [0.25, 0.3) is 10.9 Å². The van der Waals surface area contributed by atoms with Crippen LogP contribution in [-0.4, -0.2) is 35.3 Å². The molecule has 2 aromatic carbocycles. The second-order valence-corrected chi connectivity index (χ2v) is 8.06. The first kappa shape index (κ1) is 20.9. The lowest BCUT2D eigenvalue weighted by atomic mass is 10.2. The van der Waals surface area contributed by atoms with E-state index < -0.39 is 0 Å². The summed E-state index contributed by atoms with van der Waals surface area (Å²) in [5.41, 5.74) is 2.40. The summed E-state index contributed by atoms with van der Waals surface area (Å²) in [5, 5.41) is 4.07.